The molecule has 0 radical (unpaired) electrons. The highest BCUT2D eigenvalue weighted by Crippen LogP contribution is 2.34. The van der Waals surface area contributed by atoms with Crippen LogP contribution in [0, 0.1) is 0 Å². The summed E-state index contributed by atoms with van der Waals surface area (Å²) in [5.74, 6) is 0.954. The predicted octanol–water partition coefficient (Wildman–Crippen LogP) is 2.26. The maximum Gasteiger partial charge on any atom is 0.294 e. The van der Waals surface area contributed by atoms with E-state index in [1.54, 1.807) is 57.5 Å². The summed E-state index contributed by atoms with van der Waals surface area (Å²) in [7, 11) is 6.73. The van der Waals surface area contributed by atoms with Gasteiger partial charge in [0.25, 0.3) is 11.1 Å². The molecule has 6 nitrogen and oxygen atoms in total. The van der Waals surface area contributed by atoms with Crippen molar-refractivity contribution in [2.75, 3.05) is 35.0 Å². The van der Waals surface area contributed by atoms with Crippen molar-refractivity contribution in [1.82, 2.24) is 9.80 Å². The lowest BCUT2D eigenvalue weighted by Crippen LogP contribution is -2.36. The van der Waals surface area contributed by atoms with Crippen molar-refractivity contribution in [2.24, 2.45) is 0 Å². The predicted molar refractivity (Wildman–Crippen MR) is 85.9 cm³/mol. The van der Waals surface area contributed by atoms with Gasteiger partial charge in [0.2, 0.25) is 0 Å². The number of imide groups is 1. The number of methoxy groups -OCH3 is 2. The molecule has 0 saturated carbocycles. The Kier molecular flexibility index (Phi) is 5.10. The van der Waals surface area contributed by atoms with Gasteiger partial charge in [0.1, 0.15) is 11.5 Å². The number of ether oxygens (including phenoxy) is 2. The topological polar surface area (TPSA) is 59.1 Å². The molecule has 0 atom stereocenters. The lowest BCUT2D eigenvalue weighted by atomic mass is 10.1. The number of nitrogens with zero attached hydrogens (tertiary/aromatic N) is 2. The molecule has 1 aliphatic rings. The number of carbonyl (C=O) groups is 2. The third kappa shape index (κ3) is 3.42. The molecule has 1 saturated heterocycles. The first-order valence-corrected chi connectivity index (χ1v) is 7.40. The van der Waals surface area contributed by atoms with E-state index in [1.165, 1.54) is 4.90 Å². The standard InChI is InChI=1S/C15H18N2O4S/c1-16(2)9-17-14(18)13(22-15(17)19)7-10-5-6-11(20-3)8-12(10)21-4/h5-8H,9H2,1-4H3/b13-7-. The SMILES string of the molecule is COc1ccc(/C=C2\SC(=O)N(CN(C)C)C2=O)c(OC)c1. The van der Waals surface area contributed by atoms with Crippen LogP contribution in [0.4, 0.5) is 4.79 Å². The van der Waals surface area contributed by atoms with Gasteiger partial charge >= 0.3 is 0 Å². The Hall–Kier alpha value is -1.99. The average molecular weight is 322 g/mol. The van der Waals surface area contributed by atoms with Crippen LogP contribution in [0.5, 0.6) is 11.5 Å². The van der Waals surface area contributed by atoms with Crippen molar-refractivity contribution in [3.63, 3.8) is 0 Å². The van der Waals surface area contributed by atoms with Gasteiger partial charge in [-0.05, 0) is 44.1 Å². The first kappa shape index (κ1) is 16.4. The lowest BCUT2D eigenvalue weighted by molar-refractivity contribution is -0.123. The second kappa shape index (κ2) is 6.85. The lowest BCUT2D eigenvalue weighted by Gasteiger charge is -2.17. The van der Waals surface area contributed by atoms with E-state index < -0.39 is 0 Å². The second-order valence-electron chi connectivity index (χ2n) is 4.94. The Balaban J connectivity index is 2.30. The van der Waals surface area contributed by atoms with Crippen LogP contribution < -0.4 is 9.47 Å². The maximum atomic E-state index is 12.3. The van der Waals surface area contributed by atoms with Gasteiger partial charge in [-0.15, -0.1) is 0 Å². The van der Waals surface area contributed by atoms with Crippen LogP contribution in [0.15, 0.2) is 23.1 Å². The summed E-state index contributed by atoms with van der Waals surface area (Å²) in [6, 6.07) is 5.30. The number of benzene rings is 1. The zero-order valence-corrected chi connectivity index (χ0v) is 13.8. The molecule has 1 aromatic rings. The fourth-order valence-electron chi connectivity index (χ4n) is 1.98. The largest absolute Gasteiger partial charge is 0.497 e. The van der Waals surface area contributed by atoms with E-state index in [2.05, 4.69) is 0 Å². The van der Waals surface area contributed by atoms with E-state index in [1.807, 2.05) is 0 Å². The zero-order valence-electron chi connectivity index (χ0n) is 13.0. The fourth-order valence-corrected chi connectivity index (χ4v) is 2.81. The van der Waals surface area contributed by atoms with Gasteiger partial charge in [0.15, 0.2) is 0 Å². The van der Waals surface area contributed by atoms with Crippen LogP contribution >= 0.6 is 11.8 Å². The average Bonchev–Trinajstić information content (AvgIpc) is 2.75. The van der Waals surface area contributed by atoms with Crippen molar-refractivity contribution >= 4 is 29.0 Å². The van der Waals surface area contributed by atoms with Crippen LogP contribution in [-0.2, 0) is 4.79 Å². The molecule has 1 heterocycles. The number of thioether (sulfide) groups is 1. The van der Waals surface area contributed by atoms with Crippen molar-refractivity contribution < 1.29 is 19.1 Å². The first-order valence-electron chi connectivity index (χ1n) is 6.58. The van der Waals surface area contributed by atoms with E-state index >= 15 is 0 Å². The van der Waals surface area contributed by atoms with Gasteiger partial charge in [-0.1, -0.05) is 0 Å². The molecule has 1 fully saturated rings. The number of amides is 2. The van der Waals surface area contributed by atoms with Crippen molar-refractivity contribution in [3.05, 3.63) is 28.7 Å². The third-order valence-corrected chi connectivity index (χ3v) is 3.93. The summed E-state index contributed by atoms with van der Waals surface area (Å²) < 4.78 is 10.4. The van der Waals surface area contributed by atoms with E-state index in [9.17, 15) is 9.59 Å². The van der Waals surface area contributed by atoms with Gasteiger partial charge in [-0.2, -0.15) is 0 Å². The molecule has 0 N–H and O–H groups in total. The quantitative estimate of drug-likeness (QED) is 0.775. The summed E-state index contributed by atoms with van der Waals surface area (Å²) in [6.45, 7) is 0.266. The fraction of sp³-hybridized carbons (Fsp3) is 0.333. The number of rotatable bonds is 5. The minimum absolute atomic E-state index is 0.266. The molecular weight excluding hydrogens is 304 g/mol. The van der Waals surface area contributed by atoms with E-state index in [-0.39, 0.29) is 17.8 Å². The normalized spacial score (nSPS) is 16.8. The summed E-state index contributed by atoms with van der Waals surface area (Å²) in [6.07, 6.45) is 1.67. The van der Waals surface area contributed by atoms with E-state index in [4.69, 9.17) is 9.47 Å². The number of hydrogen-bond donors (Lipinski definition) is 0. The summed E-state index contributed by atoms with van der Waals surface area (Å²) >= 11 is 0.933. The Morgan fingerprint density at radius 1 is 1.23 bits per heavy atom. The van der Waals surface area contributed by atoms with Gasteiger partial charge in [-0.25, -0.2) is 0 Å². The highest BCUT2D eigenvalue weighted by atomic mass is 32.2. The van der Waals surface area contributed by atoms with Crippen molar-refractivity contribution in [3.8, 4) is 11.5 Å². The Labute approximate surface area is 133 Å². The molecular formula is C15H18N2O4S. The molecule has 1 aliphatic heterocycles. The van der Waals surface area contributed by atoms with Gasteiger partial charge < -0.3 is 9.47 Å². The minimum Gasteiger partial charge on any atom is -0.497 e. The first-order chi connectivity index (χ1) is 10.5. The highest BCUT2D eigenvalue weighted by molar-refractivity contribution is 8.18. The highest BCUT2D eigenvalue weighted by Gasteiger charge is 2.35. The van der Waals surface area contributed by atoms with E-state index in [0.717, 1.165) is 17.3 Å². The molecule has 2 amide bonds. The molecule has 0 spiro atoms. The molecule has 0 unspecified atom stereocenters. The third-order valence-electron chi connectivity index (χ3n) is 3.03. The van der Waals surface area contributed by atoms with Crippen LogP contribution in [0.3, 0.4) is 0 Å². The Bertz CT molecular complexity index is 628. The van der Waals surface area contributed by atoms with Crippen LogP contribution in [0.1, 0.15) is 5.56 Å². The van der Waals surface area contributed by atoms with Crippen LogP contribution in [0.2, 0.25) is 0 Å². The molecule has 22 heavy (non-hydrogen) atoms. The van der Waals surface area contributed by atoms with E-state index in [0.29, 0.717) is 16.4 Å². The van der Waals surface area contributed by atoms with Crippen LogP contribution in [-0.4, -0.2) is 55.9 Å². The summed E-state index contributed by atoms with van der Waals surface area (Å²) in [5, 5.41) is -0.266. The molecule has 7 heteroatoms. The molecule has 0 bridgehead atoms. The second-order valence-corrected chi connectivity index (χ2v) is 5.93. The summed E-state index contributed by atoms with van der Waals surface area (Å²) in [4.78, 5) is 27.6. The molecule has 2 rings (SSSR count). The molecule has 118 valence electrons. The minimum atomic E-state index is -0.290. The van der Waals surface area contributed by atoms with Crippen molar-refractivity contribution in [1.29, 1.82) is 0 Å². The molecule has 1 aromatic carbocycles. The van der Waals surface area contributed by atoms with Crippen molar-refractivity contribution in [2.45, 2.75) is 0 Å². The van der Waals surface area contributed by atoms with Crippen LogP contribution in [0.25, 0.3) is 6.08 Å². The monoisotopic (exact) mass is 322 g/mol. The molecule has 0 aliphatic carbocycles. The Morgan fingerprint density at radius 2 is 1.95 bits per heavy atom. The number of carbonyl (C=O) groups excluding carboxylic acids is 2. The van der Waals surface area contributed by atoms with Gasteiger partial charge in [0.05, 0.1) is 25.8 Å². The summed E-state index contributed by atoms with van der Waals surface area (Å²) in [5.41, 5.74) is 0.721. The van der Waals surface area contributed by atoms with Gasteiger partial charge in [0, 0.05) is 11.6 Å². The smallest absolute Gasteiger partial charge is 0.294 e. The van der Waals surface area contributed by atoms with Gasteiger partial charge in [-0.3, -0.25) is 19.4 Å². The molecule has 0 aromatic heterocycles. The Morgan fingerprint density at radius 3 is 2.55 bits per heavy atom. The number of hydrogen-bond acceptors (Lipinski definition) is 6. The zero-order chi connectivity index (χ0) is 16.3. The maximum absolute atomic E-state index is 12.3.